The highest BCUT2D eigenvalue weighted by atomic mass is 35.5. The summed E-state index contributed by atoms with van der Waals surface area (Å²) in [6.07, 6.45) is 4.64. The summed E-state index contributed by atoms with van der Waals surface area (Å²) in [5.41, 5.74) is 7.17. The van der Waals surface area contributed by atoms with Gasteiger partial charge in [-0.25, -0.2) is 19.6 Å². The first-order chi connectivity index (χ1) is 21.2. The number of nitrogens with zero attached hydrogens (tertiary/aromatic N) is 5. The second-order valence-electron chi connectivity index (χ2n) is 9.83. The van der Waals surface area contributed by atoms with Crippen LogP contribution in [0.3, 0.4) is 0 Å². The summed E-state index contributed by atoms with van der Waals surface area (Å²) in [6, 6.07) is 7.48. The zero-order valence-electron chi connectivity index (χ0n) is 24.2. The summed E-state index contributed by atoms with van der Waals surface area (Å²) < 4.78 is 17.6. The van der Waals surface area contributed by atoms with Crippen LogP contribution in [0.15, 0.2) is 60.2 Å². The minimum absolute atomic E-state index is 0.0765. The number of likely N-dealkylation sites (tertiary alicyclic amines) is 1. The number of fused-ring (bicyclic) bond motifs is 1. The normalized spacial score (nSPS) is 16.0. The van der Waals surface area contributed by atoms with Gasteiger partial charge in [-0.1, -0.05) is 24.2 Å². The third kappa shape index (κ3) is 5.73. The molecule has 3 N–H and O–H groups in total. The van der Waals surface area contributed by atoms with E-state index in [0.717, 1.165) is 0 Å². The largest absolute Gasteiger partial charge is 0.495 e. The van der Waals surface area contributed by atoms with Gasteiger partial charge in [0.2, 0.25) is 11.9 Å². The van der Waals surface area contributed by atoms with E-state index in [4.69, 9.17) is 31.5 Å². The molecular formula is C30H30ClN7O6. The molecule has 13 nitrogen and oxygen atoms in total. The zero-order chi connectivity index (χ0) is 31.5. The Balaban J connectivity index is 1.51. The number of carbonyl (C=O) groups excluding carboxylic acids is 2. The topological polar surface area (TPSA) is 164 Å². The Morgan fingerprint density at radius 2 is 1.95 bits per heavy atom. The molecular weight excluding hydrogens is 590 g/mol. The molecule has 5 rings (SSSR count). The van der Waals surface area contributed by atoms with E-state index in [0.29, 0.717) is 51.6 Å². The summed E-state index contributed by atoms with van der Waals surface area (Å²) in [6.45, 7) is 5.72. The lowest BCUT2D eigenvalue weighted by molar-refractivity contribution is -0.151. The van der Waals surface area contributed by atoms with Gasteiger partial charge in [0, 0.05) is 48.4 Å². The number of anilines is 2. The van der Waals surface area contributed by atoms with Crippen LogP contribution in [0.5, 0.6) is 11.5 Å². The molecule has 0 unspecified atom stereocenters. The Labute approximate surface area is 257 Å². The fraction of sp³-hybridized carbons (Fsp3) is 0.267. The van der Waals surface area contributed by atoms with Gasteiger partial charge >= 0.3 is 11.7 Å². The molecule has 4 aromatic rings. The molecule has 0 spiro atoms. The number of hydrogen-bond acceptors (Lipinski definition) is 11. The molecule has 44 heavy (non-hydrogen) atoms. The fourth-order valence-corrected chi connectivity index (χ4v) is 5.53. The summed E-state index contributed by atoms with van der Waals surface area (Å²) in [5, 5.41) is 4.16. The molecule has 0 bridgehead atoms. The molecule has 14 heteroatoms. The number of carbonyl (C=O) groups is 2. The smallest absolute Gasteiger partial charge is 0.354 e. The third-order valence-corrected chi connectivity index (χ3v) is 7.57. The van der Waals surface area contributed by atoms with Crippen LogP contribution in [0, 0.1) is 0 Å². The first-order valence-corrected chi connectivity index (χ1v) is 14.0. The number of methoxy groups -OCH3 is 2. The standard InChI is InChI=1S/C30H30ClN7O6/c1-5-24(39)38-15-18(12-20(38)28(40)44-6-2)34-29-33-14-17-11-16(7-8-19(17)35-29)25-26(31)21(42-3)13-22(43-4)27(25)37-10-9-23(32)36-30(37)41/h5,7-11,13-14,18,20H,1,6,12,15H2,2-4H3,(H2,32,36,41)(H,33,34,35)/t18-,20-/m0/s1. The van der Waals surface area contributed by atoms with Crippen LogP contribution in [-0.4, -0.2) is 75.8 Å². The van der Waals surface area contributed by atoms with E-state index in [2.05, 4.69) is 26.8 Å². The highest BCUT2D eigenvalue weighted by molar-refractivity contribution is 6.35. The molecule has 1 saturated heterocycles. The zero-order valence-corrected chi connectivity index (χ0v) is 25.0. The molecule has 0 radical (unpaired) electrons. The van der Waals surface area contributed by atoms with Crippen molar-refractivity contribution in [3.8, 4) is 28.3 Å². The van der Waals surface area contributed by atoms with Crippen LogP contribution in [0.4, 0.5) is 11.8 Å². The highest BCUT2D eigenvalue weighted by Crippen LogP contribution is 2.45. The van der Waals surface area contributed by atoms with Crippen molar-refractivity contribution in [1.82, 2.24) is 24.4 Å². The first-order valence-electron chi connectivity index (χ1n) is 13.6. The summed E-state index contributed by atoms with van der Waals surface area (Å²) >= 11 is 6.83. The fourth-order valence-electron chi connectivity index (χ4n) is 5.20. The summed E-state index contributed by atoms with van der Waals surface area (Å²) in [5.74, 6) is 0.246. The van der Waals surface area contributed by atoms with Crippen molar-refractivity contribution in [3.05, 3.63) is 70.9 Å². The Hall–Kier alpha value is -5.17. The Kier molecular flexibility index (Phi) is 8.67. The molecule has 1 amide bonds. The number of esters is 1. The van der Waals surface area contributed by atoms with Crippen LogP contribution in [0.2, 0.25) is 5.02 Å². The maximum atomic E-state index is 12.9. The number of nitrogen functional groups attached to an aromatic ring is 1. The van der Waals surface area contributed by atoms with Crippen LogP contribution >= 0.6 is 11.6 Å². The lowest BCUT2D eigenvalue weighted by atomic mass is 10.00. The monoisotopic (exact) mass is 619 g/mol. The lowest BCUT2D eigenvalue weighted by Crippen LogP contribution is -2.40. The minimum Gasteiger partial charge on any atom is -0.495 e. The minimum atomic E-state index is -0.733. The predicted octanol–water partition coefficient (Wildman–Crippen LogP) is 3.23. The third-order valence-electron chi connectivity index (χ3n) is 7.19. The van der Waals surface area contributed by atoms with Gasteiger partial charge in [0.05, 0.1) is 31.4 Å². The summed E-state index contributed by atoms with van der Waals surface area (Å²) in [4.78, 5) is 52.2. The number of nitrogens with one attached hydrogen (secondary N) is 1. The Morgan fingerprint density at radius 1 is 1.18 bits per heavy atom. The first kappa shape index (κ1) is 30.3. The predicted molar refractivity (Wildman–Crippen MR) is 165 cm³/mol. The van der Waals surface area contributed by atoms with Crippen molar-refractivity contribution in [2.75, 3.05) is 38.4 Å². The van der Waals surface area contributed by atoms with E-state index >= 15 is 0 Å². The van der Waals surface area contributed by atoms with Crippen molar-refractivity contribution in [3.63, 3.8) is 0 Å². The van der Waals surface area contributed by atoms with Crippen LogP contribution < -0.4 is 26.2 Å². The van der Waals surface area contributed by atoms with Crippen molar-refractivity contribution < 1.29 is 23.8 Å². The summed E-state index contributed by atoms with van der Waals surface area (Å²) in [7, 11) is 2.95. The highest BCUT2D eigenvalue weighted by Gasteiger charge is 2.40. The van der Waals surface area contributed by atoms with Crippen LogP contribution in [0.25, 0.3) is 27.7 Å². The quantitative estimate of drug-likeness (QED) is 0.209. The molecule has 0 aliphatic carbocycles. The number of amides is 1. The van der Waals surface area contributed by atoms with E-state index in [9.17, 15) is 14.4 Å². The molecule has 0 saturated carbocycles. The number of nitrogens with two attached hydrogens (primary N) is 1. The molecule has 2 aromatic heterocycles. The molecule has 2 atom stereocenters. The maximum absolute atomic E-state index is 12.9. The molecule has 228 valence electrons. The number of rotatable bonds is 9. The molecule has 1 aliphatic rings. The van der Waals surface area contributed by atoms with E-state index in [1.807, 2.05) is 6.07 Å². The number of benzene rings is 2. The molecule has 1 aliphatic heterocycles. The molecule has 1 fully saturated rings. The van der Waals surface area contributed by atoms with Gasteiger partial charge in [0.15, 0.2) is 0 Å². The molecule has 3 heterocycles. The van der Waals surface area contributed by atoms with E-state index in [1.165, 1.54) is 42.0 Å². The number of aromatic nitrogens is 4. The van der Waals surface area contributed by atoms with Crippen molar-refractivity contribution in [2.45, 2.75) is 25.4 Å². The van der Waals surface area contributed by atoms with E-state index < -0.39 is 17.7 Å². The second kappa shape index (κ2) is 12.6. The van der Waals surface area contributed by atoms with Gasteiger partial charge in [-0.2, -0.15) is 4.98 Å². The van der Waals surface area contributed by atoms with Gasteiger partial charge in [-0.3, -0.25) is 9.36 Å². The Morgan fingerprint density at radius 3 is 2.64 bits per heavy atom. The van der Waals surface area contributed by atoms with Crippen LogP contribution in [-0.2, 0) is 14.3 Å². The number of ether oxygens (including phenoxy) is 3. The maximum Gasteiger partial charge on any atom is 0.354 e. The van der Waals surface area contributed by atoms with Gasteiger partial charge in [-0.05, 0) is 36.8 Å². The second-order valence-corrected chi connectivity index (χ2v) is 10.2. The van der Waals surface area contributed by atoms with Crippen molar-refractivity contribution in [2.24, 2.45) is 0 Å². The molecule has 2 aromatic carbocycles. The van der Waals surface area contributed by atoms with Gasteiger partial charge < -0.3 is 30.2 Å². The van der Waals surface area contributed by atoms with E-state index in [1.54, 1.807) is 31.3 Å². The SMILES string of the molecule is C=CC(=O)N1C[C@@H](Nc2ncc3cc(-c4c(Cl)c(OC)cc(OC)c4-n4ccc(N)nc4=O)ccc3n2)C[C@H]1C(=O)OCC. The van der Waals surface area contributed by atoms with Crippen molar-refractivity contribution >= 4 is 46.1 Å². The number of hydrogen-bond donors (Lipinski definition) is 2. The number of halogens is 1. The van der Waals surface area contributed by atoms with Crippen LogP contribution in [0.1, 0.15) is 13.3 Å². The van der Waals surface area contributed by atoms with Gasteiger partial charge in [0.25, 0.3) is 0 Å². The average Bonchev–Trinajstić information content (AvgIpc) is 3.44. The lowest BCUT2D eigenvalue weighted by Gasteiger charge is -2.21. The van der Waals surface area contributed by atoms with Gasteiger partial charge in [0.1, 0.15) is 29.0 Å². The Bertz CT molecular complexity index is 1830. The van der Waals surface area contributed by atoms with E-state index in [-0.39, 0.29) is 35.9 Å². The van der Waals surface area contributed by atoms with Crippen molar-refractivity contribution in [1.29, 1.82) is 0 Å². The van der Waals surface area contributed by atoms with Gasteiger partial charge in [-0.15, -0.1) is 0 Å². The average molecular weight is 620 g/mol.